The zero-order chi connectivity index (χ0) is 27.1. The van der Waals surface area contributed by atoms with Crippen molar-refractivity contribution < 1.29 is 32.3 Å². The number of alkyl halides is 3. The van der Waals surface area contributed by atoms with Gasteiger partial charge in [0.2, 0.25) is 5.91 Å². The maximum Gasteiger partial charge on any atom is 0.416 e. The van der Waals surface area contributed by atoms with Crippen molar-refractivity contribution in [2.75, 3.05) is 18.4 Å². The van der Waals surface area contributed by atoms with Gasteiger partial charge in [-0.05, 0) is 58.7 Å². The predicted octanol–water partition coefficient (Wildman–Crippen LogP) is 4.38. The molecule has 0 spiro atoms. The number of rotatable bonds is 8. The summed E-state index contributed by atoms with van der Waals surface area (Å²) in [6, 6.07) is 2.10. The Labute approximate surface area is 209 Å². The van der Waals surface area contributed by atoms with Crippen LogP contribution in [0.5, 0.6) is 0 Å². The molecule has 11 heteroatoms. The van der Waals surface area contributed by atoms with Crippen LogP contribution in [0.4, 0.5) is 23.7 Å². The summed E-state index contributed by atoms with van der Waals surface area (Å²) in [7, 11) is 0. The van der Waals surface area contributed by atoms with Crippen LogP contribution in [0.1, 0.15) is 69.3 Å². The lowest BCUT2D eigenvalue weighted by molar-refractivity contribution is -0.137. The van der Waals surface area contributed by atoms with Gasteiger partial charge in [0, 0.05) is 18.3 Å². The van der Waals surface area contributed by atoms with E-state index in [-0.39, 0.29) is 29.9 Å². The van der Waals surface area contributed by atoms with Gasteiger partial charge >= 0.3 is 12.3 Å². The number of benzene rings is 1. The van der Waals surface area contributed by atoms with Gasteiger partial charge in [-0.2, -0.15) is 13.2 Å². The Bertz CT molecular complexity index is 973. The van der Waals surface area contributed by atoms with Crippen LogP contribution in [0.25, 0.3) is 0 Å². The predicted molar refractivity (Wildman–Crippen MR) is 131 cm³/mol. The summed E-state index contributed by atoms with van der Waals surface area (Å²) < 4.78 is 44.9. The molecule has 0 aliphatic heterocycles. The monoisotopic (exact) mass is 512 g/mol. The first kappa shape index (κ1) is 29.0. The molecule has 0 saturated heterocycles. The molecule has 4 N–H and O–H groups in total. The number of halogens is 3. The van der Waals surface area contributed by atoms with Gasteiger partial charge in [0.1, 0.15) is 5.60 Å². The fourth-order valence-electron chi connectivity index (χ4n) is 3.76. The van der Waals surface area contributed by atoms with Gasteiger partial charge in [0.05, 0.1) is 23.7 Å². The molecule has 0 unspecified atom stereocenters. The van der Waals surface area contributed by atoms with Gasteiger partial charge in [-0.3, -0.25) is 9.59 Å². The summed E-state index contributed by atoms with van der Waals surface area (Å²) >= 11 is 0. The van der Waals surface area contributed by atoms with E-state index in [1.165, 1.54) is 6.07 Å². The molecule has 1 aliphatic rings. The first-order chi connectivity index (χ1) is 16.7. The van der Waals surface area contributed by atoms with Crippen LogP contribution in [0, 0.1) is 0 Å². The topological polar surface area (TPSA) is 109 Å². The Morgan fingerprint density at radius 3 is 2.19 bits per heavy atom. The Balaban J connectivity index is 2.03. The summed E-state index contributed by atoms with van der Waals surface area (Å²) in [6.45, 7) is 10.5. The zero-order valence-corrected chi connectivity index (χ0v) is 21.1. The molecule has 8 nitrogen and oxygen atoms in total. The van der Waals surface area contributed by atoms with Gasteiger partial charge in [-0.25, -0.2) is 4.79 Å². The van der Waals surface area contributed by atoms with Crippen LogP contribution in [0.3, 0.4) is 0 Å². The number of carbonyl (C=O) groups excluding carboxylic acids is 3. The average Bonchev–Trinajstić information content (AvgIpc) is 2.75. The van der Waals surface area contributed by atoms with Crippen LogP contribution in [0.2, 0.25) is 0 Å². The third-order valence-electron chi connectivity index (χ3n) is 5.40. The van der Waals surface area contributed by atoms with Crippen LogP contribution in [-0.2, 0) is 15.7 Å². The van der Waals surface area contributed by atoms with E-state index >= 15 is 0 Å². The van der Waals surface area contributed by atoms with Crippen LogP contribution in [0.15, 0.2) is 30.4 Å². The molecule has 1 fully saturated rings. The summed E-state index contributed by atoms with van der Waals surface area (Å²) in [5.41, 5.74) is -0.957. The van der Waals surface area contributed by atoms with E-state index in [4.69, 9.17) is 4.74 Å². The number of alkyl carbamates (subject to hydrolysis) is 1. The third kappa shape index (κ3) is 9.43. The molecule has 36 heavy (non-hydrogen) atoms. The van der Waals surface area contributed by atoms with Crippen LogP contribution < -0.4 is 21.3 Å². The van der Waals surface area contributed by atoms with Crippen molar-refractivity contribution in [3.8, 4) is 0 Å². The van der Waals surface area contributed by atoms with Crippen molar-refractivity contribution in [1.82, 2.24) is 16.0 Å². The highest BCUT2D eigenvalue weighted by atomic mass is 19.4. The number of carbonyl (C=O) groups is 3. The SMILES string of the molecule is C=C(C)CNc1ccc(C(F)(F)F)cc1C(=O)NCC(=O)N[C@H]1CCCC[C@H]1NC(=O)OC(C)(C)C. The highest BCUT2D eigenvalue weighted by Crippen LogP contribution is 2.32. The van der Waals surface area contributed by atoms with Gasteiger partial charge < -0.3 is 26.0 Å². The smallest absolute Gasteiger partial charge is 0.416 e. The van der Waals surface area contributed by atoms with Crippen molar-refractivity contribution in [3.63, 3.8) is 0 Å². The summed E-state index contributed by atoms with van der Waals surface area (Å²) in [5.74, 6) is -1.35. The largest absolute Gasteiger partial charge is 0.444 e. The highest BCUT2D eigenvalue weighted by molar-refractivity contribution is 6.01. The van der Waals surface area contributed by atoms with Gasteiger partial charge in [-0.1, -0.05) is 25.0 Å². The molecule has 0 radical (unpaired) electrons. The summed E-state index contributed by atoms with van der Waals surface area (Å²) in [5, 5.41) is 10.9. The molecule has 3 amide bonds. The molecule has 1 aromatic carbocycles. The normalized spacial score (nSPS) is 18.1. The molecule has 0 bridgehead atoms. The van der Waals surface area contributed by atoms with Gasteiger partial charge in [-0.15, -0.1) is 0 Å². The molecule has 1 aromatic rings. The fourth-order valence-corrected chi connectivity index (χ4v) is 3.76. The lowest BCUT2D eigenvalue weighted by Gasteiger charge is -2.33. The van der Waals surface area contributed by atoms with E-state index in [1.807, 2.05) is 0 Å². The number of hydrogen-bond donors (Lipinski definition) is 4. The van der Waals surface area contributed by atoms with Crippen molar-refractivity contribution >= 4 is 23.6 Å². The molecule has 1 saturated carbocycles. The second-order valence-electron chi connectivity index (χ2n) is 9.96. The molecule has 2 rings (SSSR count). The fraction of sp³-hybridized carbons (Fsp3) is 0.560. The number of anilines is 1. The summed E-state index contributed by atoms with van der Waals surface area (Å²) in [4.78, 5) is 37.5. The maximum absolute atomic E-state index is 13.2. The van der Waals surface area contributed by atoms with Crippen molar-refractivity contribution in [3.05, 3.63) is 41.5 Å². The second-order valence-corrected chi connectivity index (χ2v) is 9.96. The van der Waals surface area contributed by atoms with Crippen LogP contribution in [-0.4, -0.2) is 48.7 Å². The quantitative estimate of drug-likeness (QED) is 0.387. The lowest BCUT2D eigenvalue weighted by atomic mass is 9.90. The number of amides is 3. The number of nitrogens with one attached hydrogen (secondary N) is 4. The lowest BCUT2D eigenvalue weighted by Crippen LogP contribution is -2.55. The average molecular weight is 513 g/mol. The minimum Gasteiger partial charge on any atom is -0.444 e. The van der Waals surface area contributed by atoms with E-state index in [0.29, 0.717) is 12.8 Å². The highest BCUT2D eigenvalue weighted by Gasteiger charge is 2.32. The number of ether oxygens (including phenoxy) is 1. The molecule has 2 atom stereocenters. The van der Waals surface area contributed by atoms with E-state index in [9.17, 15) is 27.6 Å². The van der Waals surface area contributed by atoms with E-state index < -0.39 is 41.8 Å². The molecular formula is C25H35F3N4O4. The van der Waals surface area contributed by atoms with E-state index in [1.54, 1.807) is 27.7 Å². The summed E-state index contributed by atoms with van der Waals surface area (Å²) in [6.07, 6.45) is -2.20. The molecule has 1 aliphatic carbocycles. The van der Waals surface area contributed by atoms with Crippen LogP contribution >= 0.6 is 0 Å². The second kappa shape index (κ2) is 12.1. The molecular weight excluding hydrogens is 477 g/mol. The first-order valence-corrected chi connectivity index (χ1v) is 11.8. The van der Waals surface area contributed by atoms with E-state index in [0.717, 1.165) is 30.5 Å². The molecule has 200 valence electrons. The van der Waals surface area contributed by atoms with Gasteiger partial charge in [0.15, 0.2) is 0 Å². The van der Waals surface area contributed by atoms with Crippen molar-refractivity contribution in [2.45, 2.75) is 77.2 Å². The maximum atomic E-state index is 13.2. The Morgan fingerprint density at radius 2 is 1.64 bits per heavy atom. The standard InChI is InChI=1S/C25H35F3N4O4/c1-15(2)13-29-18-11-10-16(25(26,27)28)12-17(18)22(34)30-14-21(33)31-19-8-6-7-9-20(19)32-23(35)36-24(3,4)5/h10-12,19-20,29H,1,6-9,13-14H2,2-5H3,(H,30,34)(H,31,33)(H,32,35)/t19-,20+/m0/s1. The van der Waals surface area contributed by atoms with E-state index in [2.05, 4.69) is 27.8 Å². The van der Waals surface area contributed by atoms with Crippen molar-refractivity contribution in [2.24, 2.45) is 0 Å². The van der Waals surface area contributed by atoms with Gasteiger partial charge in [0.25, 0.3) is 5.91 Å². The zero-order valence-electron chi connectivity index (χ0n) is 21.1. The third-order valence-corrected chi connectivity index (χ3v) is 5.40. The molecule has 0 heterocycles. The number of hydrogen-bond acceptors (Lipinski definition) is 5. The Morgan fingerprint density at radius 1 is 1.03 bits per heavy atom. The Hall–Kier alpha value is -3.24. The first-order valence-electron chi connectivity index (χ1n) is 11.8. The minimum atomic E-state index is -4.63. The molecule has 0 aromatic heterocycles. The van der Waals surface area contributed by atoms with Crippen molar-refractivity contribution in [1.29, 1.82) is 0 Å². The minimum absolute atomic E-state index is 0.192. The Kier molecular flexibility index (Phi) is 9.77.